The van der Waals surface area contributed by atoms with Gasteiger partial charge in [-0.15, -0.1) is 0 Å². The average Bonchev–Trinajstić information content (AvgIpc) is 2.72. The van der Waals surface area contributed by atoms with Gasteiger partial charge in [0.05, 0.1) is 13.7 Å². The molecule has 4 N–H and O–H groups in total. The van der Waals surface area contributed by atoms with Crippen molar-refractivity contribution in [3.63, 3.8) is 0 Å². The number of nitrogens with zero attached hydrogens (tertiary/aromatic N) is 1. The molecule has 1 rings (SSSR count). The van der Waals surface area contributed by atoms with Crippen molar-refractivity contribution < 1.29 is 9.84 Å². The summed E-state index contributed by atoms with van der Waals surface area (Å²) in [5, 5.41) is 13.6. The van der Waals surface area contributed by atoms with Gasteiger partial charge in [-0.25, -0.2) is 0 Å². The number of aromatic nitrogens is 1. The first-order valence-corrected chi connectivity index (χ1v) is 6.53. The summed E-state index contributed by atoms with van der Waals surface area (Å²) in [5.41, 5.74) is 5.58. The molecule has 6 heteroatoms. The molecule has 0 unspecified atom stereocenters. The number of nitrogen functional groups attached to an aromatic ring is 1. The molecule has 17 heavy (non-hydrogen) atoms. The van der Waals surface area contributed by atoms with Crippen LogP contribution in [0.25, 0.3) is 0 Å². The van der Waals surface area contributed by atoms with Crippen molar-refractivity contribution in [2.24, 2.45) is 5.41 Å². The number of hydrogen-bond acceptors (Lipinski definition) is 6. The molecule has 0 saturated heterocycles. The Kier molecular flexibility index (Phi) is 5.02. The number of nitrogens with two attached hydrogens (primary N) is 1. The fourth-order valence-electron chi connectivity index (χ4n) is 1.65. The molecule has 0 aromatic carbocycles. The van der Waals surface area contributed by atoms with Crippen molar-refractivity contribution in [3.8, 4) is 5.75 Å². The van der Waals surface area contributed by atoms with E-state index in [9.17, 15) is 5.11 Å². The van der Waals surface area contributed by atoms with Gasteiger partial charge in [-0.2, -0.15) is 4.37 Å². The predicted molar refractivity (Wildman–Crippen MR) is 71.7 cm³/mol. The quantitative estimate of drug-likeness (QED) is 0.697. The van der Waals surface area contributed by atoms with E-state index < -0.39 is 0 Å². The Balaban J connectivity index is 2.72. The summed E-state index contributed by atoms with van der Waals surface area (Å²) in [7, 11) is 1.57. The van der Waals surface area contributed by atoms with E-state index in [0.29, 0.717) is 18.1 Å². The van der Waals surface area contributed by atoms with E-state index in [4.69, 9.17) is 10.5 Å². The van der Waals surface area contributed by atoms with E-state index in [1.165, 1.54) is 11.5 Å². The standard InChI is InChI=1S/C11H21N3O2S/c1-4-11(5-2,7-15)6-13-10-8(16-3)9(12)14-17-10/h13,15H,4-7H2,1-3H3,(H2,12,14). The lowest BCUT2D eigenvalue weighted by Crippen LogP contribution is -2.32. The molecule has 0 fully saturated rings. The molecule has 0 bridgehead atoms. The summed E-state index contributed by atoms with van der Waals surface area (Å²) in [6, 6.07) is 0. The lowest BCUT2D eigenvalue weighted by molar-refractivity contribution is 0.127. The summed E-state index contributed by atoms with van der Waals surface area (Å²) < 4.78 is 9.22. The van der Waals surface area contributed by atoms with Gasteiger partial charge in [-0.05, 0) is 24.4 Å². The fraction of sp³-hybridized carbons (Fsp3) is 0.727. The third kappa shape index (κ3) is 3.01. The van der Waals surface area contributed by atoms with Crippen LogP contribution < -0.4 is 15.8 Å². The van der Waals surface area contributed by atoms with Crippen LogP contribution in [-0.2, 0) is 0 Å². The maximum atomic E-state index is 9.48. The lowest BCUT2D eigenvalue weighted by Gasteiger charge is -2.29. The van der Waals surface area contributed by atoms with Crippen molar-refractivity contribution in [1.29, 1.82) is 0 Å². The molecule has 98 valence electrons. The molecule has 1 heterocycles. The van der Waals surface area contributed by atoms with Crippen LogP contribution in [-0.4, -0.2) is 29.7 Å². The third-order valence-corrected chi connectivity index (χ3v) is 4.14. The second-order valence-electron chi connectivity index (χ2n) is 4.15. The highest BCUT2D eigenvalue weighted by Gasteiger charge is 2.26. The summed E-state index contributed by atoms with van der Waals surface area (Å²) in [6.07, 6.45) is 1.84. The van der Waals surface area contributed by atoms with Crippen LogP contribution >= 0.6 is 11.5 Å². The Labute approximate surface area is 106 Å². The SMILES string of the molecule is CCC(CC)(CO)CNc1snc(N)c1OC. The summed E-state index contributed by atoms with van der Waals surface area (Å²) in [4.78, 5) is 0. The van der Waals surface area contributed by atoms with Crippen molar-refractivity contribution in [2.75, 3.05) is 31.3 Å². The van der Waals surface area contributed by atoms with E-state index in [1.54, 1.807) is 7.11 Å². The maximum absolute atomic E-state index is 9.48. The van der Waals surface area contributed by atoms with Crippen molar-refractivity contribution in [2.45, 2.75) is 26.7 Å². The zero-order valence-corrected chi connectivity index (χ0v) is 11.4. The molecule has 0 spiro atoms. The first kappa shape index (κ1) is 14.1. The van der Waals surface area contributed by atoms with Gasteiger partial charge in [-0.1, -0.05) is 13.8 Å². The lowest BCUT2D eigenvalue weighted by atomic mass is 9.83. The number of anilines is 2. The molecular weight excluding hydrogens is 238 g/mol. The first-order chi connectivity index (χ1) is 8.12. The Morgan fingerprint density at radius 3 is 2.59 bits per heavy atom. The highest BCUT2D eigenvalue weighted by molar-refractivity contribution is 7.11. The number of aliphatic hydroxyl groups is 1. The average molecular weight is 259 g/mol. The normalized spacial score (nSPS) is 11.5. The second-order valence-corrected chi connectivity index (χ2v) is 4.92. The number of aliphatic hydroxyl groups excluding tert-OH is 1. The van der Waals surface area contributed by atoms with E-state index in [0.717, 1.165) is 17.8 Å². The zero-order valence-electron chi connectivity index (χ0n) is 10.6. The minimum absolute atomic E-state index is 0.0935. The van der Waals surface area contributed by atoms with Gasteiger partial charge >= 0.3 is 0 Å². The van der Waals surface area contributed by atoms with Crippen LogP contribution in [0, 0.1) is 5.41 Å². The van der Waals surface area contributed by atoms with E-state index in [1.807, 2.05) is 0 Å². The molecule has 0 aliphatic rings. The van der Waals surface area contributed by atoms with Gasteiger partial charge in [0.1, 0.15) is 0 Å². The number of ether oxygens (including phenoxy) is 1. The van der Waals surface area contributed by atoms with Gasteiger partial charge in [-0.3, -0.25) is 0 Å². The van der Waals surface area contributed by atoms with Crippen LogP contribution in [0.3, 0.4) is 0 Å². The minimum atomic E-state index is -0.0935. The van der Waals surface area contributed by atoms with Crippen LogP contribution in [0.1, 0.15) is 26.7 Å². The van der Waals surface area contributed by atoms with Crippen molar-refractivity contribution in [1.82, 2.24) is 4.37 Å². The van der Waals surface area contributed by atoms with Crippen LogP contribution in [0.5, 0.6) is 5.75 Å². The van der Waals surface area contributed by atoms with Gasteiger partial charge in [0.2, 0.25) is 0 Å². The number of nitrogens with one attached hydrogen (secondary N) is 1. The van der Waals surface area contributed by atoms with E-state index >= 15 is 0 Å². The summed E-state index contributed by atoms with van der Waals surface area (Å²) in [5.74, 6) is 0.997. The van der Waals surface area contributed by atoms with Gasteiger partial charge in [0.15, 0.2) is 16.6 Å². The molecular formula is C11H21N3O2S. The molecule has 0 atom stereocenters. The van der Waals surface area contributed by atoms with Crippen molar-refractivity contribution >= 4 is 22.4 Å². The van der Waals surface area contributed by atoms with Crippen LogP contribution in [0.15, 0.2) is 0 Å². The smallest absolute Gasteiger partial charge is 0.197 e. The predicted octanol–water partition coefficient (Wildman–Crippen LogP) is 1.94. The minimum Gasteiger partial charge on any atom is -0.490 e. The molecule has 0 radical (unpaired) electrons. The fourth-order valence-corrected chi connectivity index (χ4v) is 2.33. The highest BCUT2D eigenvalue weighted by Crippen LogP contribution is 2.36. The largest absolute Gasteiger partial charge is 0.490 e. The summed E-state index contributed by atoms with van der Waals surface area (Å²) >= 11 is 1.28. The van der Waals surface area contributed by atoms with Crippen LogP contribution in [0.4, 0.5) is 10.8 Å². The Morgan fingerprint density at radius 2 is 2.12 bits per heavy atom. The summed E-state index contributed by atoms with van der Waals surface area (Å²) in [6.45, 7) is 5.03. The maximum Gasteiger partial charge on any atom is 0.197 e. The molecule has 0 aliphatic heterocycles. The highest BCUT2D eigenvalue weighted by atomic mass is 32.1. The van der Waals surface area contributed by atoms with E-state index in [-0.39, 0.29) is 12.0 Å². The Hall–Kier alpha value is -1.01. The second kappa shape index (κ2) is 6.07. The molecule has 1 aromatic rings. The van der Waals surface area contributed by atoms with Crippen LogP contribution in [0.2, 0.25) is 0 Å². The van der Waals surface area contributed by atoms with Gasteiger partial charge in [0.25, 0.3) is 0 Å². The topological polar surface area (TPSA) is 80.4 Å². The third-order valence-electron chi connectivity index (χ3n) is 3.34. The number of rotatable bonds is 7. The van der Waals surface area contributed by atoms with E-state index in [2.05, 4.69) is 23.5 Å². The Bertz CT molecular complexity index is 342. The molecule has 1 aromatic heterocycles. The monoisotopic (exact) mass is 259 g/mol. The molecule has 0 saturated carbocycles. The van der Waals surface area contributed by atoms with Gasteiger partial charge in [0, 0.05) is 12.0 Å². The van der Waals surface area contributed by atoms with Gasteiger partial charge < -0.3 is 20.9 Å². The zero-order chi connectivity index (χ0) is 12.9. The Morgan fingerprint density at radius 1 is 1.47 bits per heavy atom. The first-order valence-electron chi connectivity index (χ1n) is 5.76. The molecule has 5 nitrogen and oxygen atoms in total. The number of methoxy groups -OCH3 is 1. The molecule has 0 aliphatic carbocycles. The van der Waals surface area contributed by atoms with Crippen molar-refractivity contribution in [3.05, 3.63) is 0 Å². The molecule has 0 amide bonds. The number of hydrogen-bond donors (Lipinski definition) is 3.